The van der Waals surface area contributed by atoms with Gasteiger partial charge in [-0.25, -0.2) is 0 Å². The Morgan fingerprint density at radius 1 is 0.794 bits per heavy atom. The minimum absolute atomic E-state index is 0.863. The zero-order valence-electron chi connectivity index (χ0n) is 18.6. The summed E-state index contributed by atoms with van der Waals surface area (Å²) in [4.78, 5) is 12.8. The number of Topliss-reactive ketones (excluding diaryl/α,β-unsaturated/α-hetero) is 1. The molecule has 0 aliphatic carbocycles. The molecule has 2 aliphatic rings. The van der Waals surface area contributed by atoms with Crippen molar-refractivity contribution in [3.8, 4) is 0 Å². The van der Waals surface area contributed by atoms with E-state index < -0.39 is 111 Å². The second-order valence-electron chi connectivity index (χ2n) is 7.98. The highest BCUT2D eigenvalue weighted by molar-refractivity contribution is 5.88. The van der Waals surface area contributed by atoms with Crippen molar-refractivity contribution >= 4 is 5.78 Å². The van der Waals surface area contributed by atoms with Crippen LogP contribution >= 0.6 is 0 Å². The zero-order chi connectivity index (χ0) is 26.8. The van der Waals surface area contributed by atoms with Crippen LogP contribution in [0.25, 0.3) is 0 Å². The van der Waals surface area contributed by atoms with Gasteiger partial charge in [0, 0.05) is 0 Å². The van der Waals surface area contributed by atoms with Gasteiger partial charge in [-0.3, -0.25) is 4.79 Å². The fourth-order valence-corrected chi connectivity index (χ4v) is 3.53. The summed E-state index contributed by atoms with van der Waals surface area (Å²) in [6.07, 6.45) is -30.3. The third-order valence-electron chi connectivity index (χ3n) is 5.66. The van der Waals surface area contributed by atoms with E-state index in [1.807, 2.05) is 0 Å². The normalized spacial score (nSPS) is 45.2. The number of aliphatic hydroxyl groups excluding tert-OH is 12. The highest BCUT2D eigenvalue weighted by atomic mass is 16.7. The first-order chi connectivity index (χ1) is 16.3. The molecule has 0 aromatic rings. The average Bonchev–Trinajstić information content (AvgIpc) is 2.86. The van der Waals surface area contributed by atoms with Gasteiger partial charge in [-0.15, -0.1) is 0 Å². The maximum atomic E-state index is 12.8. The largest absolute Gasteiger partial charge is 0.394 e. The topological polar surface area (TPSA) is 288 Å². The van der Waals surface area contributed by atoms with E-state index in [1.165, 1.54) is 0 Å². The molecule has 0 aromatic carbocycles. The fourth-order valence-electron chi connectivity index (χ4n) is 3.53. The molecule has 2 aliphatic heterocycles. The number of ether oxygens (including phenoxy) is 3. The number of carbonyl (C=O) groups excluding carboxylic acids is 1. The van der Waals surface area contributed by atoms with Crippen LogP contribution in [0.15, 0.2) is 0 Å². The van der Waals surface area contributed by atoms with Crippen LogP contribution in [0.2, 0.25) is 0 Å². The Morgan fingerprint density at radius 3 is 1.79 bits per heavy atom. The lowest BCUT2D eigenvalue weighted by atomic mass is 9.89. The molecule has 0 spiro atoms. The van der Waals surface area contributed by atoms with E-state index in [2.05, 4.69) is 0 Å². The number of carbonyl (C=O) groups is 1. The molecule has 14 atom stereocenters. The Balaban J connectivity index is 2.27. The van der Waals surface area contributed by atoms with Gasteiger partial charge in [0.2, 0.25) is 0 Å². The smallest absolute Gasteiger partial charge is 0.195 e. The molecule has 2 saturated heterocycles. The summed E-state index contributed by atoms with van der Waals surface area (Å²) in [6.45, 7) is -3.02. The molecule has 16 heteroatoms. The summed E-state index contributed by atoms with van der Waals surface area (Å²) in [6, 6.07) is 0. The SMILES string of the molecule is [2H][C@@]1(C(=O)[C@H](O)[C@@H](O)[C@H](O[C@@H]2O[C@H](CO)[C@H](O)[C@H](O)[C@H]2O)[C@H](O)CO)O[C@H](CO)[C@H](O)[C@H](O)[C@H]1O. The molecule has 16 nitrogen and oxygen atoms in total. The third kappa shape index (κ3) is 5.89. The number of ketones is 1. The molecule has 2 heterocycles. The molecular formula is C18H32O16. The predicted octanol–water partition coefficient (Wildman–Crippen LogP) is -8.34. The fraction of sp³-hybridized carbons (Fsp3) is 0.944. The first-order valence-electron chi connectivity index (χ1n) is 10.7. The summed E-state index contributed by atoms with van der Waals surface area (Å²) < 4.78 is 23.2. The quantitative estimate of drug-likeness (QED) is 0.131. The van der Waals surface area contributed by atoms with Crippen LogP contribution in [0.5, 0.6) is 0 Å². The molecule has 0 radical (unpaired) electrons. The number of rotatable bonds is 10. The van der Waals surface area contributed by atoms with Crippen molar-refractivity contribution in [3.63, 3.8) is 0 Å². The first-order valence-corrected chi connectivity index (χ1v) is 10.2. The number of hydrogen-bond donors (Lipinski definition) is 12. The lowest BCUT2D eigenvalue weighted by molar-refractivity contribution is -0.326. The molecule has 0 aromatic heterocycles. The van der Waals surface area contributed by atoms with Crippen molar-refractivity contribution < 1.29 is 81.7 Å². The first kappa shape index (κ1) is 27.7. The predicted molar refractivity (Wildman–Crippen MR) is 103 cm³/mol. The van der Waals surface area contributed by atoms with Crippen molar-refractivity contribution in [2.45, 2.75) is 85.6 Å². The van der Waals surface area contributed by atoms with E-state index in [1.54, 1.807) is 0 Å². The molecule has 0 amide bonds. The summed E-state index contributed by atoms with van der Waals surface area (Å²) in [5.74, 6) is -1.81. The van der Waals surface area contributed by atoms with Crippen LogP contribution in [0.1, 0.15) is 1.37 Å². The van der Waals surface area contributed by atoms with E-state index in [4.69, 9.17) is 15.6 Å². The van der Waals surface area contributed by atoms with Crippen LogP contribution in [0.3, 0.4) is 0 Å². The van der Waals surface area contributed by atoms with Crippen LogP contribution in [-0.4, -0.2) is 172 Å². The average molecular weight is 505 g/mol. The highest BCUT2D eigenvalue weighted by Crippen LogP contribution is 2.27. The van der Waals surface area contributed by atoms with E-state index in [-0.39, 0.29) is 0 Å². The van der Waals surface area contributed by atoms with Crippen LogP contribution < -0.4 is 0 Å². The molecule has 34 heavy (non-hydrogen) atoms. The van der Waals surface area contributed by atoms with Gasteiger partial charge in [-0.05, 0) is 0 Å². The second-order valence-corrected chi connectivity index (χ2v) is 7.98. The lowest BCUT2D eigenvalue weighted by Gasteiger charge is -2.43. The van der Waals surface area contributed by atoms with Crippen molar-refractivity contribution in [1.82, 2.24) is 0 Å². The van der Waals surface area contributed by atoms with Gasteiger partial charge in [0.15, 0.2) is 12.1 Å². The maximum absolute atomic E-state index is 12.8. The number of aliphatic hydroxyl groups is 12. The van der Waals surface area contributed by atoms with Gasteiger partial charge in [0.1, 0.15) is 79.3 Å². The molecule has 0 bridgehead atoms. The third-order valence-corrected chi connectivity index (χ3v) is 5.66. The Morgan fingerprint density at radius 2 is 1.29 bits per heavy atom. The Labute approximate surface area is 193 Å². The standard InChI is InChI=1S/C18H32O16/c19-1-4(22)16(34-18-15(31)10(26)8(24)6(3-21)33-18)12(28)11(27)14(30)17-13(29)9(25)7(23)5(2-20)32-17/h4-13,15-29,31H,1-3H2/t4-,5-,6-,7+,8+,9+,10+,11-,12-,13-,15-,16-,17-,18+/m1/s1/i17D. The van der Waals surface area contributed by atoms with Crippen LogP contribution in [-0.2, 0) is 19.0 Å². The van der Waals surface area contributed by atoms with Gasteiger partial charge in [0.05, 0.1) is 21.2 Å². The maximum Gasteiger partial charge on any atom is 0.195 e. The minimum Gasteiger partial charge on any atom is -0.394 e. The molecule has 200 valence electrons. The molecule has 2 rings (SSSR count). The summed E-state index contributed by atoms with van der Waals surface area (Å²) in [5.41, 5.74) is 0. The molecule has 2 fully saturated rings. The van der Waals surface area contributed by atoms with E-state index in [0.717, 1.165) is 0 Å². The summed E-state index contributed by atoms with van der Waals surface area (Å²) in [5, 5.41) is 118. The van der Waals surface area contributed by atoms with Gasteiger partial charge >= 0.3 is 0 Å². The van der Waals surface area contributed by atoms with Crippen LogP contribution in [0, 0.1) is 0 Å². The van der Waals surface area contributed by atoms with Crippen molar-refractivity contribution in [3.05, 3.63) is 0 Å². The van der Waals surface area contributed by atoms with Gasteiger partial charge in [-0.1, -0.05) is 0 Å². The lowest BCUT2D eigenvalue weighted by Crippen LogP contribution is -2.64. The molecule has 0 saturated carbocycles. The summed E-state index contributed by atoms with van der Waals surface area (Å²) >= 11 is 0. The van der Waals surface area contributed by atoms with E-state index in [0.29, 0.717) is 0 Å². The Kier molecular flexibility index (Phi) is 10.0. The molecule has 12 N–H and O–H groups in total. The van der Waals surface area contributed by atoms with Gasteiger partial charge in [-0.2, -0.15) is 0 Å². The van der Waals surface area contributed by atoms with E-state index >= 15 is 0 Å². The molecular weight excluding hydrogens is 472 g/mol. The Bertz CT molecular complexity index is 697. The van der Waals surface area contributed by atoms with Gasteiger partial charge < -0.3 is 75.5 Å². The van der Waals surface area contributed by atoms with Crippen molar-refractivity contribution in [2.24, 2.45) is 0 Å². The Hall–Kier alpha value is -0.930. The molecule has 0 unspecified atom stereocenters. The zero-order valence-corrected chi connectivity index (χ0v) is 17.6. The second kappa shape index (κ2) is 12.3. The van der Waals surface area contributed by atoms with Crippen molar-refractivity contribution in [2.75, 3.05) is 19.8 Å². The highest BCUT2D eigenvalue weighted by Gasteiger charge is 2.51. The van der Waals surface area contributed by atoms with Gasteiger partial charge in [0.25, 0.3) is 0 Å². The summed E-state index contributed by atoms with van der Waals surface area (Å²) in [7, 11) is 0. The minimum atomic E-state index is -3.23. The monoisotopic (exact) mass is 505 g/mol. The van der Waals surface area contributed by atoms with Crippen LogP contribution in [0.4, 0.5) is 0 Å². The van der Waals surface area contributed by atoms with Crippen molar-refractivity contribution in [1.29, 1.82) is 0 Å². The number of hydrogen-bond acceptors (Lipinski definition) is 16. The van der Waals surface area contributed by atoms with E-state index in [9.17, 15) is 66.1 Å².